The van der Waals surface area contributed by atoms with Crippen LogP contribution in [0.25, 0.3) is 0 Å². The summed E-state index contributed by atoms with van der Waals surface area (Å²) >= 11 is 0. The molecule has 1 atom stereocenters. The number of nitrogens with one attached hydrogen (secondary N) is 1. The summed E-state index contributed by atoms with van der Waals surface area (Å²) in [6.45, 7) is 2.76. The molecule has 4 rings (SSSR count). The standard InChI is InChI=1S/C23H22N2O2/c1-2-16-8-6-7-11-19(16)24-23(27)18-14-15-25-20(18)12-13-21(25)22(26)17-9-4-3-5-10-17/h3-13,18H,2,14-15H2,1H3,(H,24,27)/t18-/m0/s1. The van der Waals surface area contributed by atoms with Gasteiger partial charge in [0.1, 0.15) is 0 Å². The second kappa shape index (κ2) is 7.23. The van der Waals surface area contributed by atoms with Gasteiger partial charge in [-0.05, 0) is 36.6 Å². The third-order valence-electron chi connectivity index (χ3n) is 5.25. The summed E-state index contributed by atoms with van der Waals surface area (Å²) in [5.41, 5.74) is 4.24. The summed E-state index contributed by atoms with van der Waals surface area (Å²) in [5, 5.41) is 3.08. The van der Waals surface area contributed by atoms with Crippen LogP contribution in [0.15, 0.2) is 66.7 Å². The number of aromatic nitrogens is 1. The van der Waals surface area contributed by atoms with Gasteiger partial charge in [0.25, 0.3) is 0 Å². The molecule has 1 N–H and O–H groups in total. The van der Waals surface area contributed by atoms with Crippen LogP contribution in [0, 0.1) is 0 Å². The molecule has 1 aliphatic heterocycles. The summed E-state index contributed by atoms with van der Waals surface area (Å²) in [7, 11) is 0. The lowest BCUT2D eigenvalue weighted by Gasteiger charge is -2.13. The summed E-state index contributed by atoms with van der Waals surface area (Å²) in [4.78, 5) is 25.7. The van der Waals surface area contributed by atoms with E-state index in [9.17, 15) is 9.59 Å². The van der Waals surface area contributed by atoms with Gasteiger partial charge < -0.3 is 9.88 Å². The molecular formula is C23H22N2O2. The molecular weight excluding hydrogens is 336 g/mol. The molecule has 27 heavy (non-hydrogen) atoms. The maximum Gasteiger partial charge on any atom is 0.233 e. The molecule has 0 radical (unpaired) electrons. The Kier molecular flexibility index (Phi) is 4.63. The van der Waals surface area contributed by atoms with Crippen LogP contribution in [0.1, 0.15) is 46.6 Å². The Morgan fingerprint density at radius 3 is 2.52 bits per heavy atom. The minimum absolute atomic E-state index is 0.000707. The molecule has 2 heterocycles. The molecule has 4 nitrogen and oxygen atoms in total. The molecule has 0 unspecified atom stereocenters. The largest absolute Gasteiger partial charge is 0.341 e. The number of hydrogen-bond acceptors (Lipinski definition) is 2. The molecule has 0 aliphatic carbocycles. The number of para-hydroxylation sites is 1. The van der Waals surface area contributed by atoms with E-state index in [1.807, 2.05) is 71.3 Å². The van der Waals surface area contributed by atoms with Crippen LogP contribution in [-0.2, 0) is 17.8 Å². The number of nitrogens with zero attached hydrogens (tertiary/aromatic N) is 1. The minimum Gasteiger partial charge on any atom is -0.341 e. The van der Waals surface area contributed by atoms with Crippen LogP contribution in [0.4, 0.5) is 5.69 Å². The van der Waals surface area contributed by atoms with Gasteiger partial charge in [-0.3, -0.25) is 9.59 Å². The molecule has 1 aliphatic rings. The van der Waals surface area contributed by atoms with Gasteiger partial charge in [0.2, 0.25) is 11.7 Å². The maximum atomic E-state index is 12.9. The fraction of sp³-hybridized carbons (Fsp3) is 0.217. The summed E-state index contributed by atoms with van der Waals surface area (Å²) in [6, 6.07) is 20.9. The van der Waals surface area contributed by atoms with Gasteiger partial charge in [-0.1, -0.05) is 55.5 Å². The lowest BCUT2D eigenvalue weighted by Crippen LogP contribution is -2.20. The van der Waals surface area contributed by atoms with Crippen LogP contribution in [0.2, 0.25) is 0 Å². The number of fused-ring (bicyclic) bond motifs is 1. The molecule has 0 fully saturated rings. The van der Waals surface area contributed by atoms with Crippen LogP contribution in [-0.4, -0.2) is 16.3 Å². The van der Waals surface area contributed by atoms with Crippen LogP contribution in [0.5, 0.6) is 0 Å². The van der Waals surface area contributed by atoms with Crippen LogP contribution in [0.3, 0.4) is 0 Å². The van der Waals surface area contributed by atoms with Gasteiger partial charge >= 0.3 is 0 Å². The first-order valence-corrected chi connectivity index (χ1v) is 9.37. The van der Waals surface area contributed by atoms with Crippen LogP contribution < -0.4 is 5.32 Å². The molecule has 1 amide bonds. The van der Waals surface area contributed by atoms with Crippen molar-refractivity contribution in [3.05, 3.63) is 89.2 Å². The SMILES string of the molecule is CCc1ccccc1NC(=O)[C@H]1CCn2c(C(=O)c3ccccc3)ccc21. The fourth-order valence-electron chi connectivity index (χ4n) is 3.81. The van der Waals surface area contributed by atoms with Gasteiger partial charge in [0.15, 0.2) is 0 Å². The summed E-state index contributed by atoms with van der Waals surface area (Å²) in [6.07, 6.45) is 1.58. The van der Waals surface area contributed by atoms with Crippen molar-refractivity contribution in [3.8, 4) is 0 Å². The number of carbonyl (C=O) groups excluding carboxylic acids is 2. The molecule has 0 spiro atoms. The molecule has 2 aromatic carbocycles. The van der Waals surface area contributed by atoms with E-state index in [0.29, 0.717) is 24.2 Å². The van der Waals surface area contributed by atoms with Gasteiger partial charge in [-0.25, -0.2) is 0 Å². The predicted molar refractivity (Wildman–Crippen MR) is 106 cm³/mol. The second-order valence-corrected chi connectivity index (χ2v) is 6.83. The molecule has 1 aromatic heterocycles. The third kappa shape index (κ3) is 3.19. The van der Waals surface area contributed by atoms with E-state index >= 15 is 0 Å². The first kappa shape index (κ1) is 17.3. The lowest BCUT2D eigenvalue weighted by atomic mass is 10.0. The number of rotatable bonds is 5. The van der Waals surface area contributed by atoms with Crippen molar-refractivity contribution < 1.29 is 9.59 Å². The Labute approximate surface area is 158 Å². The number of hydrogen-bond donors (Lipinski definition) is 1. The van der Waals surface area contributed by atoms with Crippen molar-refractivity contribution in [1.82, 2.24) is 4.57 Å². The molecule has 0 saturated heterocycles. The Bertz CT molecular complexity index is 989. The summed E-state index contributed by atoms with van der Waals surface area (Å²) in [5.74, 6) is -0.238. The number of benzene rings is 2. The van der Waals surface area contributed by atoms with E-state index in [1.54, 1.807) is 0 Å². The van der Waals surface area contributed by atoms with E-state index in [-0.39, 0.29) is 17.6 Å². The monoisotopic (exact) mass is 358 g/mol. The molecule has 3 aromatic rings. The average Bonchev–Trinajstić information content (AvgIpc) is 3.30. The Morgan fingerprint density at radius 1 is 1.00 bits per heavy atom. The number of aryl methyl sites for hydroxylation is 1. The second-order valence-electron chi connectivity index (χ2n) is 6.83. The van der Waals surface area contributed by atoms with Crippen LogP contribution >= 0.6 is 0 Å². The maximum absolute atomic E-state index is 12.9. The predicted octanol–water partition coefficient (Wildman–Crippen LogP) is 4.41. The molecule has 0 saturated carbocycles. The summed E-state index contributed by atoms with van der Waals surface area (Å²) < 4.78 is 1.99. The first-order valence-electron chi connectivity index (χ1n) is 9.37. The topological polar surface area (TPSA) is 51.1 Å². The van der Waals surface area contributed by atoms with Crippen molar-refractivity contribution >= 4 is 17.4 Å². The van der Waals surface area contributed by atoms with Crippen molar-refractivity contribution in [1.29, 1.82) is 0 Å². The highest BCUT2D eigenvalue weighted by Gasteiger charge is 2.32. The number of anilines is 1. The lowest BCUT2D eigenvalue weighted by molar-refractivity contribution is -0.117. The fourth-order valence-corrected chi connectivity index (χ4v) is 3.81. The highest BCUT2D eigenvalue weighted by atomic mass is 16.2. The zero-order valence-corrected chi connectivity index (χ0v) is 15.3. The van der Waals surface area contributed by atoms with Crippen molar-refractivity contribution in [3.63, 3.8) is 0 Å². The van der Waals surface area contributed by atoms with Gasteiger partial charge in [-0.2, -0.15) is 0 Å². The normalized spacial score (nSPS) is 15.4. The zero-order chi connectivity index (χ0) is 18.8. The Balaban J connectivity index is 1.57. The quantitative estimate of drug-likeness (QED) is 0.687. The van der Waals surface area contributed by atoms with E-state index in [2.05, 4.69) is 12.2 Å². The Hall–Kier alpha value is -3.14. The average molecular weight is 358 g/mol. The van der Waals surface area contributed by atoms with Crippen molar-refractivity contribution in [2.24, 2.45) is 0 Å². The number of carbonyl (C=O) groups is 2. The highest BCUT2D eigenvalue weighted by Crippen LogP contribution is 2.32. The minimum atomic E-state index is -0.229. The first-order chi connectivity index (χ1) is 13.2. The number of amides is 1. The van der Waals surface area contributed by atoms with E-state index in [1.165, 1.54) is 0 Å². The Morgan fingerprint density at radius 2 is 1.74 bits per heavy atom. The van der Waals surface area contributed by atoms with Gasteiger partial charge in [-0.15, -0.1) is 0 Å². The van der Waals surface area contributed by atoms with Crippen molar-refractivity contribution in [2.45, 2.75) is 32.2 Å². The highest BCUT2D eigenvalue weighted by molar-refractivity contribution is 6.08. The molecule has 4 heteroatoms. The van der Waals surface area contributed by atoms with E-state index in [4.69, 9.17) is 0 Å². The van der Waals surface area contributed by atoms with E-state index in [0.717, 1.165) is 23.4 Å². The third-order valence-corrected chi connectivity index (χ3v) is 5.25. The van der Waals surface area contributed by atoms with E-state index < -0.39 is 0 Å². The molecule has 0 bridgehead atoms. The van der Waals surface area contributed by atoms with Gasteiger partial charge in [0.05, 0.1) is 11.6 Å². The number of ketones is 1. The van der Waals surface area contributed by atoms with Gasteiger partial charge in [0, 0.05) is 23.5 Å². The van der Waals surface area contributed by atoms with Crippen molar-refractivity contribution in [2.75, 3.05) is 5.32 Å². The zero-order valence-electron chi connectivity index (χ0n) is 15.3. The molecule has 136 valence electrons. The smallest absolute Gasteiger partial charge is 0.233 e.